The van der Waals surface area contributed by atoms with Gasteiger partial charge in [0.1, 0.15) is 5.69 Å². The Hall–Kier alpha value is -3.42. The first kappa shape index (κ1) is 15.5. The van der Waals surface area contributed by atoms with E-state index >= 15 is 0 Å². The number of hydrogen-bond acceptors (Lipinski definition) is 6. The maximum Gasteiger partial charge on any atom is 0.355 e. The minimum atomic E-state index is -0.690. The van der Waals surface area contributed by atoms with Crippen LogP contribution in [0.25, 0.3) is 11.3 Å². The van der Waals surface area contributed by atoms with Gasteiger partial charge >= 0.3 is 5.97 Å². The van der Waals surface area contributed by atoms with Gasteiger partial charge in [0.25, 0.3) is 5.69 Å². The molecule has 3 aromatic rings. The zero-order chi connectivity index (χ0) is 17.1. The molecular formula is C16H13N3O5. The molecule has 0 unspecified atom stereocenters. The van der Waals surface area contributed by atoms with Crippen LogP contribution in [0.1, 0.15) is 16.4 Å². The number of oxazole rings is 1. The highest BCUT2D eigenvalue weighted by atomic mass is 16.6. The second kappa shape index (κ2) is 6.37. The van der Waals surface area contributed by atoms with Gasteiger partial charge in [-0.3, -0.25) is 10.1 Å². The van der Waals surface area contributed by atoms with E-state index in [0.29, 0.717) is 5.76 Å². The van der Waals surface area contributed by atoms with Gasteiger partial charge in [0.15, 0.2) is 12.4 Å². The van der Waals surface area contributed by atoms with E-state index in [4.69, 9.17) is 9.15 Å². The third-order valence-electron chi connectivity index (χ3n) is 3.35. The van der Waals surface area contributed by atoms with Crippen molar-refractivity contribution in [2.75, 3.05) is 0 Å². The highest BCUT2D eigenvalue weighted by Gasteiger charge is 2.19. The summed E-state index contributed by atoms with van der Waals surface area (Å²) < 4.78 is 12.0. The number of esters is 1. The fourth-order valence-corrected chi connectivity index (χ4v) is 2.16. The van der Waals surface area contributed by atoms with Crippen molar-refractivity contribution < 1.29 is 18.9 Å². The van der Waals surface area contributed by atoms with Crippen molar-refractivity contribution in [2.45, 2.75) is 6.61 Å². The Balaban J connectivity index is 1.67. The lowest BCUT2D eigenvalue weighted by atomic mass is 10.2. The maximum atomic E-state index is 12.0. The van der Waals surface area contributed by atoms with E-state index in [1.807, 2.05) is 30.3 Å². The number of carbonyl (C=O) groups excluding carboxylic acids is 1. The van der Waals surface area contributed by atoms with Gasteiger partial charge in [-0.1, -0.05) is 30.3 Å². The van der Waals surface area contributed by atoms with Crippen LogP contribution in [0.4, 0.5) is 5.69 Å². The fraction of sp³-hybridized carbons (Fsp3) is 0.125. The van der Waals surface area contributed by atoms with Crippen LogP contribution in [-0.2, 0) is 18.4 Å². The molecule has 0 aliphatic carbocycles. The first-order valence-corrected chi connectivity index (χ1v) is 7.02. The summed E-state index contributed by atoms with van der Waals surface area (Å²) in [6.45, 7) is -0.162. The second-order valence-corrected chi connectivity index (χ2v) is 5.01. The van der Waals surface area contributed by atoms with Crippen LogP contribution in [-0.4, -0.2) is 20.4 Å². The lowest BCUT2D eigenvalue weighted by Gasteiger charge is -2.02. The largest absolute Gasteiger partial charge is 0.451 e. The molecule has 0 fully saturated rings. The van der Waals surface area contributed by atoms with Crippen LogP contribution in [0.3, 0.4) is 0 Å². The van der Waals surface area contributed by atoms with Crippen molar-refractivity contribution in [3.05, 3.63) is 70.5 Å². The third-order valence-corrected chi connectivity index (χ3v) is 3.35. The van der Waals surface area contributed by atoms with Crippen LogP contribution in [0.15, 0.2) is 53.2 Å². The zero-order valence-corrected chi connectivity index (χ0v) is 12.7. The number of benzene rings is 1. The number of carbonyl (C=O) groups is 1. The summed E-state index contributed by atoms with van der Waals surface area (Å²) >= 11 is 0. The average molecular weight is 327 g/mol. The van der Waals surface area contributed by atoms with E-state index in [1.165, 1.54) is 17.8 Å². The quantitative estimate of drug-likeness (QED) is 0.406. The number of hydrogen-bond donors (Lipinski definition) is 0. The van der Waals surface area contributed by atoms with Gasteiger partial charge in [0.2, 0.25) is 5.89 Å². The van der Waals surface area contributed by atoms with E-state index in [2.05, 4.69) is 4.98 Å². The van der Waals surface area contributed by atoms with Crippen LogP contribution in [0, 0.1) is 10.1 Å². The van der Waals surface area contributed by atoms with Crippen LogP contribution in [0.5, 0.6) is 0 Å². The molecular weight excluding hydrogens is 314 g/mol. The third kappa shape index (κ3) is 3.17. The summed E-state index contributed by atoms with van der Waals surface area (Å²) in [4.78, 5) is 26.2. The van der Waals surface area contributed by atoms with Gasteiger partial charge in [-0.05, 0) is 0 Å². The van der Waals surface area contributed by atoms with Gasteiger partial charge in [0.05, 0.1) is 17.3 Å². The van der Waals surface area contributed by atoms with Crippen molar-refractivity contribution in [2.24, 2.45) is 7.05 Å². The molecule has 8 nitrogen and oxygen atoms in total. The molecule has 0 spiro atoms. The fourth-order valence-electron chi connectivity index (χ4n) is 2.16. The lowest BCUT2D eigenvalue weighted by molar-refractivity contribution is -0.384. The number of aryl methyl sites for hydroxylation is 1. The van der Waals surface area contributed by atoms with Crippen molar-refractivity contribution in [3.8, 4) is 11.3 Å². The van der Waals surface area contributed by atoms with Gasteiger partial charge in [0, 0.05) is 18.7 Å². The summed E-state index contributed by atoms with van der Waals surface area (Å²) in [6.07, 6.45) is 2.79. The smallest absolute Gasteiger partial charge is 0.355 e. The van der Waals surface area contributed by atoms with E-state index < -0.39 is 10.9 Å². The molecule has 8 heteroatoms. The van der Waals surface area contributed by atoms with E-state index in [-0.39, 0.29) is 23.9 Å². The Morgan fingerprint density at radius 1 is 1.38 bits per heavy atom. The SMILES string of the molecule is Cn1cc([N+](=O)[O-])cc1C(=O)OCc1ncc(-c2ccccc2)o1. The van der Waals surface area contributed by atoms with Crippen LogP contribution >= 0.6 is 0 Å². The predicted octanol–water partition coefficient (Wildman–Crippen LogP) is 2.95. The Morgan fingerprint density at radius 3 is 2.79 bits per heavy atom. The van der Waals surface area contributed by atoms with Gasteiger partial charge < -0.3 is 13.7 Å². The summed E-state index contributed by atoms with van der Waals surface area (Å²) in [5.74, 6) is 0.118. The van der Waals surface area contributed by atoms with Crippen molar-refractivity contribution in [3.63, 3.8) is 0 Å². The molecule has 3 rings (SSSR count). The summed E-state index contributed by atoms with van der Waals surface area (Å²) in [5.41, 5.74) is 0.768. The van der Waals surface area contributed by atoms with Gasteiger partial charge in [-0.25, -0.2) is 9.78 Å². The molecule has 2 heterocycles. The molecule has 1 aromatic carbocycles. The van der Waals surface area contributed by atoms with Crippen molar-refractivity contribution in [1.82, 2.24) is 9.55 Å². The maximum absolute atomic E-state index is 12.0. The van der Waals surface area contributed by atoms with E-state index in [0.717, 1.165) is 11.6 Å². The number of nitrogens with zero attached hydrogens (tertiary/aromatic N) is 3. The van der Waals surface area contributed by atoms with Crippen molar-refractivity contribution in [1.29, 1.82) is 0 Å². The number of ether oxygens (including phenoxy) is 1. The molecule has 0 N–H and O–H groups in total. The Morgan fingerprint density at radius 2 is 2.12 bits per heavy atom. The highest BCUT2D eigenvalue weighted by molar-refractivity contribution is 5.88. The second-order valence-electron chi connectivity index (χ2n) is 5.01. The molecule has 122 valence electrons. The number of rotatable bonds is 5. The summed E-state index contributed by atoms with van der Waals surface area (Å²) in [7, 11) is 1.53. The molecule has 0 aliphatic rings. The monoisotopic (exact) mass is 327 g/mol. The molecule has 0 saturated carbocycles. The molecule has 2 aromatic heterocycles. The van der Waals surface area contributed by atoms with Gasteiger partial charge in [-0.2, -0.15) is 0 Å². The van der Waals surface area contributed by atoms with Crippen LogP contribution < -0.4 is 0 Å². The predicted molar refractivity (Wildman–Crippen MR) is 83.1 cm³/mol. The first-order chi connectivity index (χ1) is 11.5. The minimum absolute atomic E-state index is 0.0801. The molecule has 0 aliphatic heterocycles. The Kier molecular flexibility index (Phi) is 4.11. The molecule has 0 atom stereocenters. The van der Waals surface area contributed by atoms with Gasteiger partial charge in [-0.15, -0.1) is 0 Å². The minimum Gasteiger partial charge on any atom is -0.451 e. The summed E-state index contributed by atoms with van der Waals surface area (Å²) in [5, 5.41) is 10.7. The highest BCUT2D eigenvalue weighted by Crippen LogP contribution is 2.21. The zero-order valence-electron chi connectivity index (χ0n) is 12.7. The topological polar surface area (TPSA) is 100 Å². The Bertz CT molecular complexity index is 882. The van der Waals surface area contributed by atoms with E-state index in [9.17, 15) is 14.9 Å². The van der Waals surface area contributed by atoms with Crippen LogP contribution in [0.2, 0.25) is 0 Å². The molecule has 0 radical (unpaired) electrons. The van der Waals surface area contributed by atoms with E-state index in [1.54, 1.807) is 6.20 Å². The lowest BCUT2D eigenvalue weighted by Crippen LogP contribution is -2.09. The Labute approximate surface area is 136 Å². The molecule has 0 saturated heterocycles. The standard InChI is InChI=1S/C16H13N3O5/c1-18-9-12(19(21)22)7-13(18)16(20)23-10-15-17-8-14(24-15)11-5-3-2-4-6-11/h2-9H,10H2,1H3. The number of aromatic nitrogens is 2. The first-order valence-electron chi connectivity index (χ1n) is 7.02. The molecule has 24 heavy (non-hydrogen) atoms. The summed E-state index contributed by atoms with van der Waals surface area (Å²) in [6, 6.07) is 10.5. The average Bonchev–Trinajstić information content (AvgIpc) is 3.20. The molecule has 0 amide bonds. The number of nitro groups is 1. The normalized spacial score (nSPS) is 10.5. The van der Waals surface area contributed by atoms with Crippen molar-refractivity contribution >= 4 is 11.7 Å². The molecule has 0 bridgehead atoms.